The lowest BCUT2D eigenvalue weighted by molar-refractivity contribution is -0.128. The first-order valence-electron chi connectivity index (χ1n) is 10.0. The van der Waals surface area contributed by atoms with Crippen LogP contribution >= 0.6 is 0 Å². The minimum absolute atomic E-state index is 0.0129. The summed E-state index contributed by atoms with van der Waals surface area (Å²) in [5, 5.41) is 5.44. The maximum Gasteiger partial charge on any atom is 0.261 e. The van der Waals surface area contributed by atoms with Gasteiger partial charge in [-0.05, 0) is 66.3 Å². The third-order valence-corrected chi connectivity index (χ3v) is 5.32. The van der Waals surface area contributed by atoms with Crippen molar-refractivity contribution < 1.29 is 9.53 Å². The van der Waals surface area contributed by atoms with Gasteiger partial charge in [-0.25, -0.2) is 0 Å². The molecule has 3 heteroatoms. The predicted octanol–water partition coefficient (Wildman–Crippen LogP) is 5.88. The van der Waals surface area contributed by atoms with Crippen LogP contribution in [-0.4, -0.2) is 12.0 Å². The zero-order chi connectivity index (χ0) is 20.1. The van der Waals surface area contributed by atoms with Crippen molar-refractivity contribution in [3.63, 3.8) is 0 Å². The van der Waals surface area contributed by atoms with Gasteiger partial charge < -0.3 is 10.1 Å². The van der Waals surface area contributed by atoms with Crippen LogP contribution in [-0.2, 0) is 4.79 Å². The van der Waals surface area contributed by atoms with Gasteiger partial charge in [0.1, 0.15) is 5.75 Å². The summed E-state index contributed by atoms with van der Waals surface area (Å²) in [6.45, 7) is 8.27. The van der Waals surface area contributed by atoms with Crippen molar-refractivity contribution in [3.05, 3.63) is 77.4 Å². The van der Waals surface area contributed by atoms with Gasteiger partial charge in [0.25, 0.3) is 5.91 Å². The van der Waals surface area contributed by atoms with E-state index in [1.807, 2.05) is 37.3 Å². The molecular weight excluding hydrogens is 346 g/mol. The molecule has 0 aliphatic carbocycles. The summed E-state index contributed by atoms with van der Waals surface area (Å²) >= 11 is 0. The first-order chi connectivity index (χ1) is 13.5. The second-order valence-corrected chi connectivity index (χ2v) is 7.34. The van der Waals surface area contributed by atoms with Gasteiger partial charge in [-0.1, -0.05) is 62.4 Å². The van der Waals surface area contributed by atoms with E-state index in [1.54, 1.807) is 0 Å². The molecule has 0 fully saturated rings. The van der Waals surface area contributed by atoms with Crippen LogP contribution in [0.3, 0.4) is 0 Å². The zero-order valence-electron chi connectivity index (χ0n) is 17.2. The lowest BCUT2D eigenvalue weighted by atomic mass is 9.99. The summed E-state index contributed by atoms with van der Waals surface area (Å²) in [4.78, 5) is 12.9. The maximum atomic E-state index is 12.9. The van der Waals surface area contributed by atoms with E-state index in [0.29, 0.717) is 6.42 Å². The van der Waals surface area contributed by atoms with Crippen molar-refractivity contribution in [2.45, 2.75) is 52.7 Å². The molecule has 3 nitrogen and oxygen atoms in total. The van der Waals surface area contributed by atoms with E-state index in [0.717, 1.165) is 28.5 Å². The average Bonchev–Trinajstić information content (AvgIpc) is 2.72. The van der Waals surface area contributed by atoms with Crippen molar-refractivity contribution >= 4 is 16.7 Å². The molecule has 0 bridgehead atoms. The Morgan fingerprint density at radius 2 is 1.64 bits per heavy atom. The molecule has 28 heavy (non-hydrogen) atoms. The molecule has 3 aromatic rings. The Morgan fingerprint density at radius 3 is 2.32 bits per heavy atom. The van der Waals surface area contributed by atoms with E-state index in [4.69, 9.17) is 4.74 Å². The summed E-state index contributed by atoms with van der Waals surface area (Å²) in [6.07, 6.45) is 0.935. The fourth-order valence-electron chi connectivity index (χ4n) is 3.39. The number of nitrogens with one attached hydrogen (secondary N) is 1. The average molecular weight is 376 g/mol. The maximum absolute atomic E-state index is 12.9. The van der Waals surface area contributed by atoms with Gasteiger partial charge in [0.05, 0.1) is 6.04 Å². The van der Waals surface area contributed by atoms with Crippen molar-refractivity contribution in [2.24, 2.45) is 0 Å². The molecule has 0 saturated carbocycles. The third kappa shape index (κ3) is 4.53. The Labute approximate surface area is 167 Å². The number of rotatable bonds is 7. The highest BCUT2D eigenvalue weighted by molar-refractivity contribution is 5.84. The molecule has 0 aliphatic heterocycles. The number of fused-ring (bicyclic) bond motifs is 1. The van der Waals surface area contributed by atoms with Gasteiger partial charge in [-0.15, -0.1) is 0 Å². The Kier molecular flexibility index (Phi) is 6.35. The minimum atomic E-state index is -0.512. The van der Waals surface area contributed by atoms with E-state index in [2.05, 4.69) is 56.4 Å². The number of ether oxygens (including phenoxy) is 1. The number of aryl methyl sites for hydroxylation is 2. The number of carbonyl (C=O) groups excluding carboxylic acids is 1. The second-order valence-electron chi connectivity index (χ2n) is 7.34. The van der Waals surface area contributed by atoms with Gasteiger partial charge in [0, 0.05) is 0 Å². The first kappa shape index (κ1) is 19.9. The van der Waals surface area contributed by atoms with Crippen LogP contribution in [0.1, 0.15) is 49.4 Å². The fraction of sp³-hybridized carbons (Fsp3) is 0.320. The Hall–Kier alpha value is -2.81. The zero-order valence-corrected chi connectivity index (χ0v) is 17.2. The topological polar surface area (TPSA) is 38.3 Å². The van der Waals surface area contributed by atoms with Crippen LogP contribution in [0.25, 0.3) is 10.8 Å². The number of hydrogen-bond acceptors (Lipinski definition) is 2. The molecule has 1 N–H and O–H groups in total. The second kappa shape index (κ2) is 8.92. The Bertz CT molecular complexity index is 964. The number of amides is 1. The molecule has 2 atom stereocenters. The van der Waals surface area contributed by atoms with Gasteiger partial charge in [0.2, 0.25) is 0 Å². The largest absolute Gasteiger partial charge is 0.481 e. The first-order valence-corrected chi connectivity index (χ1v) is 10.0. The van der Waals surface area contributed by atoms with E-state index < -0.39 is 6.10 Å². The monoisotopic (exact) mass is 375 g/mol. The summed E-state index contributed by atoms with van der Waals surface area (Å²) in [7, 11) is 0. The van der Waals surface area contributed by atoms with Crippen LogP contribution in [0.4, 0.5) is 0 Å². The molecule has 3 rings (SSSR count). The normalized spacial score (nSPS) is 13.1. The van der Waals surface area contributed by atoms with Crippen molar-refractivity contribution in [3.8, 4) is 5.75 Å². The summed E-state index contributed by atoms with van der Waals surface area (Å²) in [5.41, 5.74) is 3.64. The molecule has 0 spiro atoms. The lowest BCUT2D eigenvalue weighted by Gasteiger charge is -2.23. The molecule has 0 aliphatic rings. The highest BCUT2D eigenvalue weighted by Gasteiger charge is 2.22. The molecular formula is C25H29NO2. The minimum Gasteiger partial charge on any atom is -0.481 e. The predicted molar refractivity (Wildman–Crippen MR) is 116 cm³/mol. The standard InChI is InChI=1S/C25H29NO2/c1-5-23(21-12-11-17(3)18(4)15-21)26-25(27)24(6-2)28-22-14-13-19-9-7-8-10-20(19)16-22/h7-16,23-24H,5-6H2,1-4H3,(H,26,27)/t23-,24-/m1/s1. The molecule has 0 radical (unpaired) electrons. The number of benzene rings is 3. The summed E-state index contributed by atoms with van der Waals surface area (Å²) in [5.74, 6) is 0.653. The van der Waals surface area contributed by atoms with E-state index in [-0.39, 0.29) is 11.9 Å². The van der Waals surface area contributed by atoms with Gasteiger partial charge in [-0.2, -0.15) is 0 Å². The van der Waals surface area contributed by atoms with E-state index >= 15 is 0 Å². The van der Waals surface area contributed by atoms with Crippen molar-refractivity contribution in [1.82, 2.24) is 5.32 Å². The van der Waals surface area contributed by atoms with Crippen LogP contribution in [0.5, 0.6) is 5.75 Å². The highest BCUT2D eigenvalue weighted by atomic mass is 16.5. The van der Waals surface area contributed by atoms with Gasteiger partial charge in [-0.3, -0.25) is 4.79 Å². The number of carbonyl (C=O) groups is 1. The quantitative estimate of drug-likeness (QED) is 0.560. The molecule has 1 amide bonds. The molecule has 0 aromatic heterocycles. The van der Waals surface area contributed by atoms with E-state index in [9.17, 15) is 4.79 Å². The lowest BCUT2D eigenvalue weighted by Crippen LogP contribution is -2.40. The fourth-order valence-corrected chi connectivity index (χ4v) is 3.39. The summed E-state index contributed by atoms with van der Waals surface area (Å²) in [6, 6.07) is 20.5. The van der Waals surface area contributed by atoms with E-state index in [1.165, 1.54) is 11.1 Å². The smallest absolute Gasteiger partial charge is 0.261 e. The Morgan fingerprint density at radius 1 is 0.893 bits per heavy atom. The highest BCUT2D eigenvalue weighted by Crippen LogP contribution is 2.23. The van der Waals surface area contributed by atoms with Gasteiger partial charge in [0.15, 0.2) is 6.10 Å². The summed E-state index contributed by atoms with van der Waals surface area (Å²) < 4.78 is 6.05. The molecule has 3 aromatic carbocycles. The van der Waals surface area contributed by atoms with Crippen molar-refractivity contribution in [2.75, 3.05) is 0 Å². The van der Waals surface area contributed by atoms with Crippen LogP contribution in [0, 0.1) is 13.8 Å². The van der Waals surface area contributed by atoms with Crippen molar-refractivity contribution in [1.29, 1.82) is 0 Å². The van der Waals surface area contributed by atoms with Crippen LogP contribution < -0.4 is 10.1 Å². The SMILES string of the molecule is CC[C@@H](Oc1ccc2ccccc2c1)C(=O)N[C@H](CC)c1ccc(C)c(C)c1. The number of hydrogen-bond donors (Lipinski definition) is 1. The van der Waals surface area contributed by atoms with Crippen LogP contribution in [0.15, 0.2) is 60.7 Å². The molecule has 0 heterocycles. The Balaban J connectivity index is 1.73. The molecule has 146 valence electrons. The molecule has 0 saturated heterocycles. The third-order valence-electron chi connectivity index (χ3n) is 5.32. The van der Waals surface area contributed by atoms with Crippen LogP contribution in [0.2, 0.25) is 0 Å². The van der Waals surface area contributed by atoms with Gasteiger partial charge >= 0.3 is 0 Å². The molecule has 0 unspecified atom stereocenters.